The number of rotatable bonds is 8. The molecule has 0 fully saturated rings. The summed E-state index contributed by atoms with van der Waals surface area (Å²) < 4.78 is 0. The molecular weight excluding hydrogens is 504 g/mol. The van der Waals surface area contributed by atoms with E-state index in [9.17, 15) is 14.4 Å². The lowest BCUT2D eigenvalue weighted by molar-refractivity contribution is -0.113. The third-order valence-corrected chi connectivity index (χ3v) is 6.86. The minimum Gasteiger partial charge on any atom is -0.321 e. The van der Waals surface area contributed by atoms with E-state index >= 15 is 0 Å². The van der Waals surface area contributed by atoms with Gasteiger partial charge in [0.05, 0.1) is 0 Å². The van der Waals surface area contributed by atoms with Crippen LogP contribution in [0.1, 0.15) is 31.2 Å². The maximum atomic E-state index is 13.4. The van der Waals surface area contributed by atoms with Crippen LogP contribution in [-0.4, -0.2) is 17.6 Å². The van der Waals surface area contributed by atoms with Gasteiger partial charge in [-0.05, 0) is 82.4 Å². The van der Waals surface area contributed by atoms with E-state index in [1.165, 1.54) is 6.08 Å². The molecule has 5 nitrogen and oxygen atoms in total. The molecule has 190 valence electrons. The lowest BCUT2D eigenvalue weighted by Gasteiger charge is -2.12. The Morgan fingerprint density at radius 1 is 0.692 bits per heavy atom. The molecule has 0 radical (unpaired) electrons. The maximum absolute atomic E-state index is 13.4. The van der Waals surface area contributed by atoms with Crippen molar-refractivity contribution in [3.8, 4) is 0 Å². The Labute approximate surface area is 230 Å². The van der Waals surface area contributed by atoms with Gasteiger partial charge in [-0.3, -0.25) is 14.4 Å². The normalized spacial score (nSPS) is 11.4. The van der Waals surface area contributed by atoms with Gasteiger partial charge in [-0.15, -0.1) is 11.3 Å². The van der Waals surface area contributed by atoms with Crippen molar-refractivity contribution in [3.63, 3.8) is 0 Å². The predicted molar refractivity (Wildman–Crippen MR) is 159 cm³/mol. The molecule has 0 aliphatic heterocycles. The van der Waals surface area contributed by atoms with Gasteiger partial charge in [-0.25, -0.2) is 0 Å². The van der Waals surface area contributed by atoms with Crippen molar-refractivity contribution in [1.82, 2.24) is 5.32 Å². The molecule has 2 amide bonds. The fourth-order valence-corrected chi connectivity index (χ4v) is 4.65. The number of carbonyl (C=O) groups is 3. The van der Waals surface area contributed by atoms with Gasteiger partial charge in [0.15, 0.2) is 5.78 Å². The lowest BCUT2D eigenvalue weighted by atomic mass is 10.0. The molecule has 5 aromatic rings. The largest absolute Gasteiger partial charge is 0.321 e. The molecular formula is C33H24N2O3S. The maximum Gasteiger partial charge on any atom is 0.272 e. The van der Waals surface area contributed by atoms with Gasteiger partial charge in [0.2, 0.25) is 0 Å². The van der Waals surface area contributed by atoms with Gasteiger partial charge in [0, 0.05) is 21.7 Å². The van der Waals surface area contributed by atoms with Gasteiger partial charge in [-0.2, -0.15) is 0 Å². The van der Waals surface area contributed by atoms with Gasteiger partial charge in [0.1, 0.15) is 5.70 Å². The highest BCUT2D eigenvalue weighted by atomic mass is 32.1. The molecule has 5 rings (SSSR count). The number of benzene rings is 4. The molecule has 39 heavy (non-hydrogen) atoms. The Balaban J connectivity index is 1.39. The molecule has 4 aromatic carbocycles. The number of fused-ring (bicyclic) bond motifs is 1. The van der Waals surface area contributed by atoms with Crippen LogP contribution in [0.25, 0.3) is 22.9 Å². The second-order valence-corrected chi connectivity index (χ2v) is 9.67. The zero-order valence-electron chi connectivity index (χ0n) is 20.8. The Morgan fingerprint density at radius 2 is 1.44 bits per heavy atom. The molecule has 6 heteroatoms. The predicted octanol–water partition coefficient (Wildman–Crippen LogP) is 7.21. The second kappa shape index (κ2) is 12.0. The van der Waals surface area contributed by atoms with E-state index in [1.54, 1.807) is 72.0 Å². The minimum absolute atomic E-state index is 0.0965. The summed E-state index contributed by atoms with van der Waals surface area (Å²) >= 11 is 1.55. The van der Waals surface area contributed by atoms with Gasteiger partial charge >= 0.3 is 0 Å². The zero-order valence-corrected chi connectivity index (χ0v) is 21.7. The first kappa shape index (κ1) is 25.6. The minimum atomic E-state index is -0.483. The van der Waals surface area contributed by atoms with Gasteiger partial charge in [-0.1, -0.05) is 66.7 Å². The molecule has 0 saturated heterocycles. The van der Waals surface area contributed by atoms with Crippen LogP contribution in [0, 0.1) is 0 Å². The average Bonchev–Trinajstić information content (AvgIpc) is 3.50. The fourth-order valence-electron chi connectivity index (χ4n) is 4.03. The van der Waals surface area contributed by atoms with E-state index in [-0.39, 0.29) is 11.5 Å². The quantitative estimate of drug-likeness (QED) is 0.165. The Kier molecular flexibility index (Phi) is 7.86. The third-order valence-electron chi connectivity index (χ3n) is 6.02. The number of hydrogen-bond acceptors (Lipinski definition) is 4. The van der Waals surface area contributed by atoms with Crippen molar-refractivity contribution in [2.45, 2.75) is 0 Å². The standard InChI is InChI=1S/C33H24N2O3S/c36-31(20-19-28-13-7-21-39-28)24-15-17-27(18-16-24)34-33(38)30(35-32(37)25-9-2-1-3-10-25)22-26-12-6-11-23-8-4-5-14-29(23)26/h1-22H,(H,34,38)(H,35,37)/b20-19+,30-22-. The molecule has 0 saturated carbocycles. The third kappa shape index (κ3) is 6.44. The molecule has 1 heterocycles. The average molecular weight is 529 g/mol. The summed E-state index contributed by atoms with van der Waals surface area (Å²) in [6.45, 7) is 0. The molecule has 0 spiro atoms. The van der Waals surface area contributed by atoms with Gasteiger partial charge < -0.3 is 10.6 Å². The van der Waals surface area contributed by atoms with Crippen molar-refractivity contribution >= 4 is 57.5 Å². The van der Waals surface area contributed by atoms with Crippen LogP contribution in [-0.2, 0) is 4.79 Å². The van der Waals surface area contributed by atoms with Crippen LogP contribution in [0.15, 0.2) is 126 Å². The molecule has 0 atom stereocenters. The van der Waals surface area contributed by atoms with Crippen LogP contribution in [0.3, 0.4) is 0 Å². The summed E-state index contributed by atoms with van der Waals surface area (Å²) in [4.78, 5) is 39.9. The summed E-state index contributed by atoms with van der Waals surface area (Å²) in [5, 5.41) is 9.54. The first-order valence-corrected chi connectivity index (χ1v) is 13.2. The number of nitrogens with one attached hydrogen (secondary N) is 2. The van der Waals surface area contributed by atoms with E-state index in [0.29, 0.717) is 16.8 Å². The number of anilines is 1. The summed E-state index contributed by atoms with van der Waals surface area (Å²) in [6.07, 6.45) is 4.98. The first-order valence-electron chi connectivity index (χ1n) is 12.3. The molecule has 0 aliphatic rings. The number of carbonyl (C=O) groups excluding carboxylic acids is 3. The van der Waals surface area contributed by atoms with Crippen LogP contribution >= 0.6 is 11.3 Å². The van der Waals surface area contributed by atoms with E-state index in [2.05, 4.69) is 10.6 Å². The van der Waals surface area contributed by atoms with Crippen LogP contribution in [0.4, 0.5) is 5.69 Å². The van der Waals surface area contributed by atoms with Crippen molar-refractivity contribution in [2.24, 2.45) is 0 Å². The zero-order chi connectivity index (χ0) is 27.0. The van der Waals surface area contributed by atoms with Crippen molar-refractivity contribution in [1.29, 1.82) is 0 Å². The van der Waals surface area contributed by atoms with Crippen LogP contribution < -0.4 is 10.6 Å². The van der Waals surface area contributed by atoms with E-state index in [0.717, 1.165) is 21.2 Å². The van der Waals surface area contributed by atoms with Crippen molar-refractivity contribution in [3.05, 3.63) is 148 Å². The molecule has 0 bridgehead atoms. The van der Waals surface area contributed by atoms with Crippen LogP contribution in [0.2, 0.25) is 0 Å². The number of amides is 2. The summed E-state index contributed by atoms with van der Waals surface area (Å²) in [5.74, 6) is -1.01. The topological polar surface area (TPSA) is 75.3 Å². The summed E-state index contributed by atoms with van der Waals surface area (Å²) in [6, 6.07) is 32.9. The first-order chi connectivity index (χ1) is 19.1. The number of ketones is 1. The monoisotopic (exact) mass is 528 g/mol. The van der Waals surface area contributed by atoms with Crippen molar-refractivity contribution in [2.75, 3.05) is 5.32 Å². The highest BCUT2D eigenvalue weighted by molar-refractivity contribution is 7.10. The summed E-state index contributed by atoms with van der Waals surface area (Å²) in [7, 11) is 0. The molecule has 1 aromatic heterocycles. The highest BCUT2D eigenvalue weighted by Gasteiger charge is 2.16. The fraction of sp³-hybridized carbons (Fsp3) is 0. The van der Waals surface area contributed by atoms with E-state index < -0.39 is 11.8 Å². The SMILES string of the molecule is O=C(Nc1ccc(C(=O)/C=C/c2cccs2)cc1)/C(=C/c1cccc2ccccc12)NC(=O)c1ccccc1. The Morgan fingerprint density at radius 3 is 2.21 bits per heavy atom. The smallest absolute Gasteiger partial charge is 0.272 e. The molecule has 2 N–H and O–H groups in total. The summed E-state index contributed by atoms with van der Waals surface area (Å²) in [5.41, 5.74) is 2.33. The number of allylic oxidation sites excluding steroid dienone is 1. The van der Waals surface area contributed by atoms with Gasteiger partial charge in [0.25, 0.3) is 11.8 Å². The van der Waals surface area contributed by atoms with E-state index in [1.807, 2.05) is 66.0 Å². The Hall–Kier alpha value is -5.07. The van der Waals surface area contributed by atoms with E-state index in [4.69, 9.17) is 0 Å². The molecule has 0 aliphatic carbocycles. The Bertz CT molecular complexity index is 1680. The molecule has 0 unspecified atom stereocenters. The lowest BCUT2D eigenvalue weighted by Crippen LogP contribution is -2.30. The van der Waals surface area contributed by atoms with Crippen LogP contribution in [0.5, 0.6) is 0 Å². The highest BCUT2D eigenvalue weighted by Crippen LogP contribution is 2.21. The van der Waals surface area contributed by atoms with Crippen molar-refractivity contribution < 1.29 is 14.4 Å². The number of hydrogen-bond donors (Lipinski definition) is 2. The number of thiophene rings is 1. The second-order valence-electron chi connectivity index (χ2n) is 8.69.